The van der Waals surface area contributed by atoms with Crippen molar-refractivity contribution in [2.75, 3.05) is 12.8 Å². The fraction of sp³-hybridized carbons (Fsp3) is 0.208. The molecule has 5 heteroatoms. The van der Waals surface area contributed by atoms with E-state index in [2.05, 4.69) is 24.9 Å². The minimum Gasteiger partial charge on any atom is -0.465 e. The third-order valence-corrected chi connectivity index (χ3v) is 5.54. The molecule has 0 aliphatic heterocycles. The monoisotopic (exact) mass is 383 g/mol. The van der Waals surface area contributed by atoms with Crippen LogP contribution in [0.3, 0.4) is 0 Å². The smallest absolute Gasteiger partial charge is 0.337 e. The average molecular weight is 383 g/mol. The van der Waals surface area contributed by atoms with Crippen LogP contribution in [-0.2, 0) is 16.6 Å². The molecule has 0 saturated carbocycles. The molecule has 4 rings (SSSR count). The van der Waals surface area contributed by atoms with Gasteiger partial charge >= 0.3 is 5.97 Å². The van der Waals surface area contributed by atoms with Crippen LogP contribution in [0.25, 0.3) is 22.4 Å². The lowest BCUT2D eigenvalue weighted by atomic mass is 9.69. The van der Waals surface area contributed by atoms with Gasteiger partial charge in [-0.3, -0.25) is 0 Å². The second kappa shape index (κ2) is 6.75. The van der Waals surface area contributed by atoms with Gasteiger partial charge in [0.15, 0.2) is 0 Å². The second-order valence-corrected chi connectivity index (χ2v) is 7.86. The van der Waals surface area contributed by atoms with Gasteiger partial charge in [-0.2, -0.15) is 5.26 Å². The summed E-state index contributed by atoms with van der Waals surface area (Å²) in [7, 11) is 1.38. The van der Waals surface area contributed by atoms with Crippen molar-refractivity contribution in [3.8, 4) is 28.5 Å². The maximum Gasteiger partial charge on any atom is 0.337 e. The Balaban J connectivity index is 2.05. The van der Waals surface area contributed by atoms with Gasteiger partial charge in [-0.15, -0.1) is 0 Å². The first kappa shape index (κ1) is 18.7. The number of benzene rings is 2. The molecule has 0 unspecified atom stereocenters. The summed E-state index contributed by atoms with van der Waals surface area (Å²) in [5.74, 6) is -0.153. The number of hydrogen-bond acceptors (Lipinski definition) is 5. The zero-order valence-electron chi connectivity index (χ0n) is 16.6. The molecule has 0 bridgehead atoms. The molecule has 0 radical (unpaired) electrons. The Bertz CT molecular complexity index is 1170. The standard InChI is InChI=1S/C24H21N3O2/c1-24(2)12-17-20(14-7-5-4-6-8-14)18(13-25)22(26)27-21(17)16-10-9-15(11-19(16)24)23(28)29-3/h4-11H,12H2,1-3H3,(H2,26,27). The lowest BCUT2D eigenvalue weighted by Gasteiger charge is -2.35. The molecule has 5 nitrogen and oxygen atoms in total. The fourth-order valence-corrected chi connectivity index (χ4v) is 4.17. The van der Waals surface area contributed by atoms with Gasteiger partial charge in [-0.05, 0) is 40.7 Å². The zero-order valence-corrected chi connectivity index (χ0v) is 16.6. The lowest BCUT2D eigenvalue weighted by Crippen LogP contribution is -2.28. The number of rotatable bonds is 2. The van der Waals surface area contributed by atoms with Crippen LogP contribution in [0.15, 0.2) is 48.5 Å². The SMILES string of the molecule is COC(=O)c1ccc2c(c1)C(C)(C)Cc1c-2nc(N)c(C#N)c1-c1ccccc1. The molecule has 1 aromatic heterocycles. The molecule has 3 aromatic rings. The third kappa shape index (κ3) is 2.94. The fourth-order valence-electron chi connectivity index (χ4n) is 4.17. The highest BCUT2D eigenvalue weighted by molar-refractivity contribution is 5.92. The molecule has 0 spiro atoms. The number of esters is 1. The van der Waals surface area contributed by atoms with Crippen molar-refractivity contribution in [3.63, 3.8) is 0 Å². The first-order valence-corrected chi connectivity index (χ1v) is 9.38. The summed E-state index contributed by atoms with van der Waals surface area (Å²) in [6.45, 7) is 4.26. The molecule has 0 atom stereocenters. The summed E-state index contributed by atoms with van der Waals surface area (Å²) in [6.07, 6.45) is 0.673. The highest BCUT2D eigenvalue weighted by atomic mass is 16.5. The van der Waals surface area contributed by atoms with Crippen molar-refractivity contribution >= 4 is 11.8 Å². The first-order valence-electron chi connectivity index (χ1n) is 9.38. The Hall–Kier alpha value is -3.65. The molecule has 144 valence electrons. The van der Waals surface area contributed by atoms with Gasteiger partial charge in [0.1, 0.15) is 17.5 Å². The molecule has 29 heavy (non-hydrogen) atoms. The number of carbonyl (C=O) groups is 1. The van der Waals surface area contributed by atoms with Gasteiger partial charge in [-0.1, -0.05) is 50.2 Å². The number of nitriles is 1. The minimum absolute atomic E-state index is 0.216. The third-order valence-electron chi connectivity index (χ3n) is 5.54. The van der Waals surface area contributed by atoms with E-state index in [0.29, 0.717) is 17.5 Å². The van der Waals surface area contributed by atoms with Gasteiger partial charge in [-0.25, -0.2) is 9.78 Å². The van der Waals surface area contributed by atoms with Crippen LogP contribution in [0.2, 0.25) is 0 Å². The predicted octanol–water partition coefficient (Wildman–Crippen LogP) is 4.49. The molecule has 1 aliphatic carbocycles. The van der Waals surface area contributed by atoms with Crippen LogP contribution in [0.1, 0.15) is 40.9 Å². The number of carbonyl (C=O) groups excluding carboxylic acids is 1. The normalized spacial score (nSPS) is 13.7. The quantitative estimate of drug-likeness (QED) is 0.659. The number of ether oxygens (including phenoxy) is 1. The Morgan fingerprint density at radius 3 is 2.59 bits per heavy atom. The number of pyridine rings is 1. The number of aromatic nitrogens is 1. The van der Waals surface area contributed by atoms with E-state index in [1.54, 1.807) is 6.07 Å². The van der Waals surface area contributed by atoms with Gasteiger partial charge in [0.2, 0.25) is 0 Å². The maximum absolute atomic E-state index is 12.0. The van der Waals surface area contributed by atoms with E-state index in [0.717, 1.165) is 33.5 Å². The largest absolute Gasteiger partial charge is 0.465 e. The number of nitrogen functional groups attached to an aromatic ring is 1. The highest BCUT2D eigenvalue weighted by Crippen LogP contribution is 2.47. The van der Waals surface area contributed by atoms with Crippen LogP contribution in [0, 0.1) is 11.3 Å². The molecule has 0 fully saturated rings. The molecule has 0 saturated heterocycles. The Morgan fingerprint density at radius 2 is 1.93 bits per heavy atom. The number of methoxy groups -OCH3 is 1. The van der Waals surface area contributed by atoms with Crippen molar-refractivity contribution in [2.24, 2.45) is 0 Å². The summed E-state index contributed by atoms with van der Waals surface area (Å²) < 4.78 is 4.88. The van der Waals surface area contributed by atoms with E-state index < -0.39 is 0 Å². The van der Waals surface area contributed by atoms with Crippen LogP contribution in [0.4, 0.5) is 5.82 Å². The molecule has 1 heterocycles. The molecular formula is C24H21N3O2. The zero-order chi connectivity index (χ0) is 20.8. The van der Waals surface area contributed by atoms with E-state index in [4.69, 9.17) is 10.5 Å². The van der Waals surface area contributed by atoms with Crippen LogP contribution >= 0.6 is 0 Å². The predicted molar refractivity (Wildman–Crippen MR) is 112 cm³/mol. The maximum atomic E-state index is 12.0. The number of anilines is 1. The van der Waals surface area contributed by atoms with E-state index >= 15 is 0 Å². The van der Waals surface area contributed by atoms with Crippen LogP contribution in [-0.4, -0.2) is 18.1 Å². The molecular weight excluding hydrogens is 362 g/mol. The topological polar surface area (TPSA) is 89.0 Å². The second-order valence-electron chi connectivity index (χ2n) is 7.86. The van der Waals surface area contributed by atoms with Crippen molar-refractivity contribution in [2.45, 2.75) is 25.7 Å². The molecule has 2 N–H and O–H groups in total. The lowest BCUT2D eigenvalue weighted by molar-refractivity contribution is 0.0600. The average Bonchev–Trinajstić information content (AvgIpc) is 2.73. The van der Waals surface area contributed by atoms with Crippen molar-refractivity contribution in [3.05, 3.63) is 70.8 Å². The number of nitrogens with two attached hydrogens (primary N) is 1. The first-order chi connectivity index (χ1) is 13.9. The van der Waals surface area contributed by atoms with E-state index in [9.17, 15) is 10.1 Å². The van der Waals surface area contributed by atoms with Gasteiger partial charge in [0.05, 0.1) is 18.4 Å². The molecule has 2 aromatic carbocycles. The Kier molecular flexibility index (Phi) is 4.35. The summed E-state index contributed by atoms with van der Waals surface area (Å²) in [4.78, 5) is 16.7. The molecule has 1 aliphatic rings. The van der Waals surface area contributed by atoms with Gasteiger partial charge in [0, 0.05) is 11.1 Å². The van der Waals surface area contributed by atoms with E-state index in [1.165, 1.54) is 7.11 Å². The van der Waals surface area contributed by atoms with Crippen LogP contribution < -0.4 is 5.73 Å². The molecule has 0 amide bonds. The van der Waals surface area contributed by atoms with E-state index in [1.807, 2.05) is 42.5 Å². The Labute approximate surface area is 169 Å². The van der Waals surface area contributed by atoms with E-state index in [-0.39, 0.29) is 17.2 Å². The number of nitrogens with zero attached hydrogens (tertiary/aromatic N) is 2. The highest BCUT2D eigenvalue weighted by Gasteiger charge is 2.35. The number of fused-ring (bicyclic) bond motifs is 3. The summed E-state index contributed by atoms with van der Waals surface area (Å²) >= 11 is 0. The number of hydrogen-bond donors (Lipinski definition) is 1. The summed E-state index contributed by atoms with van der Waals surface area (Å²) in [5, 5.41) is 9.79. The Morgan fingerprint density at radius 1 is 1.21 bits per heavy atom. The van der Waals surface area contributed by atoms with Crippen molar-refractivity contribution in [1.82, 2.24) is 4.98 Å². The van der Waals surface area contributed by atoms with Crippen molar-refractivity contribution < 1.29 is 9.53 Å². The van der Waals surface area contributed by atoms with Crippen LogP contribution in [0.5, 0.6) is 0 Å². The summed E-state index contributed by atoms with van der Waals surface area (Å²) in [5.41, 5.74) is 12.4. The summed E-state index contributed by atoms with van der Waals surface area (Å²) in [6, 6.07) is 17.6. The van der Waals surface area contributed by atoms with Gasteiger partial charge in [0.25, 0.3) is 0 Å². The van der Waals surface area contributed by atoms with Gasteiger partial charge < -0.3 is 10.5 Å². The minimum atomic E-state index is -0.369. The van der Waals surface area contributed by atoms with Crippen molar-refractivity contribution in [1.29, 1.82) is 5.26 Å².